The van der Waals surface area contributed by atoms with Crippen molar-refractivity contribution < 1.29 is 27.4 Å². The van der Waals surface area contributed by atoms with E-state index in [0.717, 1.165) is 0 Å². The summed E-state index contributed by atoms with van der Waals surface area (Å²) >= 11 is 0. The second-order valence-corrected chi connectivity index (χ2v) is 10.8. The first-order chi connectivity index (χ1) is 20.2. The summed E-state index contributed by atoms with van der Waals surface area (Å²) in [6, 6.07) is 18.5. The van der Waals surface area contributed by atoms with Gasteiger partial charge in [0, 0.05) is 13.2 Å². The summed E-state index contributed by atoms with van der Waals surface area (Å²) in [6.45, 7) is 1.44. The van der Waals surface area contributed by atoms with Crippen molar-refractivity contribution in [1.82, 2.24) is 19.7 Å². The van der Waals surface area contributed by atoms with Gasteiger partial charge in [0.2, 0.25) is 21.9 Å². The number of ether oxygens (including phenoxy) is 4. The molecule has 2 atom stereocenters. The van der Waals surface area contributed by atoms with Crippen LogP contribution in [0, 0.1) is 22.7 Å². The summed E-state index contributed by atoms with van der Waals surface area (Å²) in [5.41, 5.74) is 1.34. The Balaban J connectivity index is 1.86. The number of pyridine rings is 1. The Morgan fingerprint density at radius 3 is 2.19 bits per heavy atom. The van der Waals surface area contributed by atoms with E-state index in [2.05, 4.69) is 19.9 Å². The predicted molar refractivity (Wildman–Crippen MR) is 152 cm³/mol. The molecule has 0 aliphatic carbocycles. The van der Waals surface area contributed by atoms with Crippen LogP contribution in [0.25, 0.3) is 17.2 Å². The topological polar surface area (TPSA) is 174 Å². The van der Waals surface area contributed by atoms with Gasteiger partial charge in [0.1, 0.15) is 34.2 Å². The zero-order valence-corrected chi connectivity index (χ0v) is 24.2. The molecule has 0 amide bonds. The number of sulfonamides is 1. The van der Waals surface area contributed by atoms with Crippen LogP contribution in [-0.4, -0.2) is 61.9 Å². The van der Waals surface area contributed by atoms with Crippen molar-refractivity contribution in [3.8, 4) is 46.7 Å². The maximum absolute atomic E-state index is 13.8. The monoisotopic (exact) mass is 589 g/mol. The summed E-state index contributed by atoms with van der Waals surface area (Å²) in [7, 11) is 1.47. The van der Waals surface area contributed by atoms with Gasteiger partial charge in [-0.2, -0.15) is 10.5 Å². The van der Waals surface area contributed by atoms with Crippen molar-refractivity contribution in [3.05, 3.63) is 71.3 Å². The molecule has 2 aromatic carbocycles. The van der Waals surface area contributed by atoms with E-state index in [1.165, 1.54) is 58.1 Å². The molecule has 0 bridgehead atoms. The number of hydrogen-bond acceptors (Lipinski definition) is 11. The Morgan fingerprint density at radius 2 is 1.60 bits per heavy atom. The third kappa shape index (κ3) is 5.67. The number of para-hydroxylation sites is 1. The van der Waals surface area contributed by atoms with Gasteiger partial charge < -0.3 is 18.9 Å². The number of aromatic nitrogens is 4. The fraction of sp³-hybridized carbons (Fsp3) is 0.250. The van der Waals surface area contributed by atoms with Crippen molar-refractivity contribution in [2.24, 2.45) is 0 Å². The highest BCUT2D eigenvalue weighted by molar-refractivity contribution is 7.93. The van der Waals surface area contributed by atoms with E-state index in [1.807, 2.05) is 12.1 Å². The molecule has 0 unspecified atom stereocenters. The average molecular weight is 590 g/mol. The fourth-order valence-electron chi connectivity index (χ4n) is 4.36. The first-order valence-electron chi connectivity index (χ1n) is 12.4. The summed E-state index contributed by atoms with van der Waals surface area (Å²) in [4.78, 5) is 4.44. The van der Waals surface area contributed by atoms with Gasteiger partial charge in [-0.15, -0.1) is 10.2 Å². The van der Waals surface area contributed by atoms with Gasteiger partial charge in [-0.3, -0.25) is 9.29 Å². The highest BCUT2D eigenvalue weighted by Crippen LogP contribution is 2.38. The molecular formula is C28H27N7O6S. The minimum absolute atomic E-state index is 0.122. The van der Waals surface area contributed by atoms with E-state index in [-0.39, 0.29) is 22.9 Å². The smallest absolute Gasteiger partial charge is 0.243 e. The van der Waals surface area contributed by atoms with Crippen LogP contribution in [0.3, 0.4) is 0 Å². The lowest BCUT2D eigenvalue weighted by molar-refractivity contribution is 0.102. The Labute approximate surface area is 242 Å². The van der Waals surface area contributed by atoms with Crippen molar-refractivity contribution >= 4 is 16.0 Å². The molecule has 2 heterocycles. The van der Waals surface area contributed by atoms with Crippen LogP contribution < -0.4 is 18.9 Å². The van der Waals surface area contributed by atoms with Gasteiger partial charge >= 0.3 is 0 Å². The largest absolute Gasteiger partial charge is 0.494 e. The predicted octanol–water partition coefficient (Wildman–Crippen LogP) is 3.62. The molecular weight excluding hydrogens is 562 g/mol. The minimum Gasteiger partial charge on any atom is -0.494 e. The molecule has 0 spiro atoms. The lowest BCUT2D eigenvalue weighted by Gasteiger charge is -2.24. The third-order valence-electron chi connectivity index (χ3n) is 6.46. The van der Waals surface area contributed by atoms with Crippen molar-refractivity contribution in [2.75, 3.05) is 33.2 Å². The van der Waals surface area contributed by atoms with Crippen LogP contribution in [0.1, 0.15) is 29.7 Å². The standard InChI is InChI=1S/C28H27N7O6S/c1-17(26(41-5)20-13-12-18(15-29)14-19(20)16-30)42(36,37)34-28-33-32-27(21-8-6-11-24(31-21)40-4)35(28)25-22(38-2)9-7-10-23(25)39-3/h6-14,17,26H,1-5H3,(H,33,34)/t17-,26-/m0/s1. The number of anilines is 1. The molecule has 1 N–H and O–H groups in total. The van der Waals surface area contributed by atoms with E-state index >= 15 is 0 Å². The number of nitriles is 2. The van der Waals surface area contributed by atoms with E-state index in [4.69, 9.17) is 18.9 Å². The van der Waals surface area contributed by atoms with Gasteiger partial charge in [0.25, 0.3) is 0 Å². The number of nitrogens with zero attached hydrogens (tertiary/aromatic N) is 6. The Kier molecular flexibility index (Phi) is 8.90. The minimum atomic E-state index is -4.26. The maximum Gasteiger partial charge on any atom is 0.243 e. The normalized spacial score (nSPS) is 12.5. The number of rotatable bonds is 11. The molecule has 0 fully saturated rings. The zero-order chi connectivity index (χ0) is 30.4. The quantitative estimate of drug-likeness (QED) is 0.270. The number of hydrogen-bond donors (Lipinski definition) is 1. The number of methoxy groups -OCH3 is 4. The highest BCUT2D eigenvalue weighted by atomic mass is 32.2. The van der Waals surface area contributed by atoms with E-state index < -0.39 is 21.4 Å². The zero-order valence-electron chi connectivity index (χ0n) is 23.4. The third-order valence-corrected chi connectivity index (χ3v) is 8.16. The maximum atomic E-state index is 13.8. The van der Waals surface area contributed by atoms with E-state index in [0.29, 0.717) is 34.3 Å². The van der Waals surface area contributed by atoms with Crippen molar-refractivity contribution in [2.45, 2.75) is 18.3 Å². The molecule has 0 aliphatic heterocycles. The van der Waals surface area contributed by atoms with Gasteiger partial charge in [-0.25, -0.2) is 13.4 Å². The fourth-order valence-corrected chi connectivity index (χ4v) is 5.51. The van der Waals surface area contributed by atoms with Crippen LogP contribution in [0.5, 0.6) is 17.4 Å². The van der Waals surface area contributed by atoms with Crippen LogP contribution in [0.4, 0.5) is 5.95 Å². The number of benzene rings is 2. The van der Waals surface area contributed by atoms with E-state index in [9.17, 15) is 18.9 Å². The van der Waals surface area contributed by atoms with Gasteiger partial charge in [-0.1, -0.05) is 18.2 Å². The van der Waals surface area contributed by atoms with Crippen LogP contribution in [0.2, 0.25) is 0 Å². The molecule has 14 heteroatoms. The van der Waals surface area contributed by atoms with Gasteiger partial charge in [-0.05, 0) is 42.8 Å². The molecule has 13 nitrogen and oxygen atoms in total. The SMILES string of the molecule is COc1cccc(-c2nnc(NS(=O)(=O)[C@@H](C)[C@H](OC)c3ccc(C#N)cc3C#N)n2-c2c(OC)cccc2OC)n1. The lowest BCUT2D eigenvalue weighted by Crippen LogP contribution is -2.33. The molecule has 4 rings (SSSR count). The summed E-state index contributed by atoms with van der Waals surface area (Å²) in [6.07, 6.45) is -1.07. The van der Waals surface area contributed by atoms with E-state index in [1.54, 1.807) is 36.4 Å². The molecule has 2 aromatic heterocycles. The molecule has 0 saturated heterocycles. The molecule has 42 heavy (non-hydrogen) atoms. The first kappa shape index (κ1) is 29.8. The molecule has 0 radical (unpaired) electrons. The van der Waals surface area contributed by atoms with Crippen LogP contribution in [0.15, 0.2) is 54.6 Å². The van der Waals surface area contributed by atoms with Crippen molar-refractivity contribution in [1.29, 1.82) is 10.5 Å². The summed E-state index contributed by atoms with van der Waals surface area (Å²) < 4.78 is 53.6. The Hall–Kier alpha value is -5.18. The summed E-state index contributed by atoms with van der Waals surface area (Å²) in [5, 5.41) is 26.1. The number of nitrogens with one attached hydrogen (secondary N) is 1. The van der Waals surface area contributed by atoms with Crippen LogP contribution in [-0.2, 0) is 14.8 Å². The highest BCUT2D eigenvalue weighted by Gasteiger charge is 2.35. The van der Waals surface area contributed by atoms with Gasteiger partial charge in [0.05, 0.1) is 44.6 Å². The average Bonchev–Trinajstić information content (AvgIpc) is 3.42. The molecule has 0 saturated carbocycles. The van der Waals surface area contributed by atoms with Gasteiger partial charge in [0.15, 0.2) is 5.82 Å². The second-order valence-electron chi connectivity index (χ2n) is 8.79. The Bertz CT molecular complexity index is 1770. The van der Waals surface area contributed by atoms with Crippen molar-refractivity contribution in [3.63, 3.8) is 0 Å². The lowest BCUT2D eigenvalue weighted by atomic mass is 9.99. The first-order valence-corrected chi connectivity index (χ1v) is 13.9. The van der Waals surface area contributed by atoms with Crippen LogP contribution >= 0.6 is 0 Å². The second kappa shape index (κ2) is 12.6. The Morgan fingerprint density at radius 1 is 0.905 bits per heavy atom. The summed E-state index contributed by atoms with van der Waals surface area (Å²) in [5.74, 6) is 0.989. The molecule has 0 aliphatic rings. The molecule has 4 aromatic rings. The molecule has 216 valence electrons.